The Hall–Kier alpha value is -1.84. The van der Waals surface area contributed by atoms with Crippen molar-refractivity contribution in [1.82, 2.24) is 9.55 Å². The Labute approximate surface area is 132 Å². The Morgan fingerprint density at radius 1 is 1.14 bits per heavy atom. The first kappa shape index (κ1) is 14.1. The van der Waals surface area contributed by atoms with Gasteiger partial charge >= 0.3 is 0 Å². The molecule has 0 unspecified atom stereocenters. The summed E-state index contributed by atoms with van der Waals surface area (Å²) in [6.07, 6.45) is 0.186. The largest absolute Gasteiger partial charge is 0.331 e. The standard InChI is InChI=1S/C16H12Cl2N2O/c1-20-13-8-3-2-7-12(13)19-15(20)9-14(21)10-5-4-6-11(17)16(10)18/h2-8H,9H2,1H3. The van der Waals surface area contributed by atoms with E-state index < -0.39 is 0 Å². The van der Waals surface area contributed by atoms with Crippen molar-refractivity contribution in [2.45, 2.75) is 6.42 Å². The monoisotopic (exact) mass is 318 g/mol. The number of rotatable bonds is 3. The molecule has 0 radical (unpaired) electrons. The van der Waals surface area contributed by atoms with Crippen molar-refractivity contribution in [2.75, 3.05) is 0 Å². The van der Waals surface area contributed by atoms with Crippen LogP contribution in [-0.4, -0.2) is 15.3 Å². The molecule has 0 aliphatic heterocycles. The van der Waals surface area contributed by atoms with Crippen molar-refractivity contribution in [3.8, 4) is 0 Å². The summed E-state index contributed by atoms with van der Waals surface area (Å²) in [6.45, 7) is 0. The van der Waals surface area contributed by atoms with Crippen LogP contribution in [0.25, 0.3) is 11.0 Å². The summed E-state index contributed by atoms with van der Waals surface area (Å²) >= 11 is 12.0. The molecule has 0 saturated heterocycles. The summed E-state index contributed by atoms with van der Waals surface area (Å²) in [5, 5.41) is 0.676. The predicted molar refractivity (Wildman–Crippen MR) is 85.2 cm³/mol. The summed E-state index contributed by atoms with van der Waals surface area (Å²) in [5.74, 6) is 0.609. The van der Waals surface area contributed by atoms with Gasteiger partial charge in [-0.1, -0.05) is 41.4 Å². The third-order valence-electron chi connectivity index (χ3n) is 3.45. The number of aryl methyl sites for hydroxylation is 1. The van der Waals surface area contributed by atoms with E-state index >= 15 is 0 Å². The summed E-state index contributed by atoms with van der Waals surface area (Å²) in [4.78, 5) is 16.9. The lowest BCUT2D eigenvalue weighted by atomic mass is 10.1. The van der Waals surface area contributed by atoms with Crippen molar-refractivity contribution >= 4 is 40.0 Å². The summed E-state index contributed by atoms with van der Waals surface area (Å²) in [5.41, 5.74) is 2.30. The number of Topliss-reactive ketones (excluding diaryl/α,β-unsaturated/α-hetero) is 1. The van der Waals surface area contributed by atoms with Crippen LogP contribution in [0.4, 0.5) is 0 Å². The van der Waals surface area contributed by atoms with Crippen LogP contribution in [-0.2, 0) is 13.5 Å². The second kappa shape index (κ2) is 5.51. The van der Waals surface area contributed by atoms with Gasteiger partial charge in [-0.05, 0) is 24.3 Å². The number of benzene rings is 2. The van der Waals surface area contributed by atoms with E-state index in [4.69, 9.17) is 23.2 Å². The number of ketones is 1. The highest BCUT2D eigenvalue weighted by molar-refractivity contribution is 6.43. The number of carbonyl (C=O) groups is 1. The average molecular weight is 319 g/mol. The van der Waals surface area contributed by atoms with E-state index in [1.54, 1.807) is 18.2 Å². The Morgan fingerprint density at radius 3 is 2.67 bits per heavy atom. The zero-order valence-corrected chi connectivity index (χ0v) is 12.8. The zero-order valence-electron chi connectivity index (χ0n) is 11.3. The molecular formula is C16H12Cl2N2O. The number of hydrogen-bond donors (Lipinski definition) is 0. The third kappa shape index (κ3) is 2.55. The van der Waals surface area contributed by atoms with E-state index in [0.717, 1.165) is 11.0 Å². The molecule has 0 amide bonds. The van der Waals surface area contributed by atoms with E-state index in [-0.39, 0.29) is 12.2 Å². The van der Waals surface area contributed by atoms with E-state index in [9.17, 15) is 4.79 Å². The molecule has 0 atom stereocenters. The minimum Gasteiger partial charge on any atom is -0.331 e. The van der Waals surface area contributed by atoms with Crippen molar-refractivity contribution < 1.29 is 4.79 Å². The molecule has 5 heteroatoms. The summed E-state index contributed by atoms with van der Waals surface area (Å²) in [6, 6.07) is 12.8. The van der Waals surface area contributed by atoms with Crippen molar-refractivity contribution in [1.29, 1.82) is 0 Å². The van der Waals surface area contributed by atoms with E-state index in [1.165, 1.54) is 0 Å². The number of halogens is 2. The first-order valence-corrected chi connectivity index (χ1v) is 7.21. The number of imidazole rings is 1. The number of fused-ring (bicyclic) bond motifs is 1. The maximum atomic E-state index is 12.4. The van der Waals surface area contributed by atoms with E-state index in [1.807, 2.05) is 35.9 Å². The molecule has 0 N–H and O–H groups in total. The van der Waals surface area contributed by atoms with Crippen LogP contribution in [0.2, 0.25) is 10.0 Å². The van der Waals surface area contributed by atoms with Gasteiger partial charge in [0.2, 0.25) is 0 Å². The Bertz CT molecular complexity index is 839. The van der Waals surface area contributed by atoms with Gasteiger partial charge in [-0.3, -0.25) is 4.79 Å². The second-order valence-corrected chi connectivity index (χ2v) is 5.56. The number of hydrogen-bond acceptors (Lipinski definition) is 2. The maximum absolute atomic E-state index is 12.4. The fraction of sp³-hybridized carbons (Fsp3) is 0.125. The molecular weight excluding hydrogens is 307 g/mol. The topological polar surface area (TPSA) is 34.9 Å². The lowest BCUT2D eigenvalue weighted by Crippen LogP contribution is -2.09. The van der Waals surface area contributed by atoms with Gasteiger partial charge in [-0.15, -0.1) is 0 Å². The molecule has 21 heavy (non-hydrogen) atoms. The van der Waals surface area contributed by atoms with Gasteiger partial charge in [0.15, 0.2) is 5.78 Å². The Morgan fingerprint density at radius 2 is 1.90 bits per heavy atom. The number of nitrogens with zero attached hydrogens (tertiary/aromatic N) is 2. The zero-order chi connectivity index (χ0) is 15.0. The normalized spacial score (nSPS) is 11.0. The highest BCUT2D eigenvalue weighted by atomic mass is 35.5. The highest BCUT2D eigenvalue weighted by Crippen LogP contribution is 2.26. The maximum Gasteiger partial charge on any atom is 0.171 e. The molecule has 2 aromatic carbocycles. The van der Waals surface area contributed by atoms with Gasteiger partial charge in [0.1, 0.15) is 5.82 Å². The highest BCUT2D eigenvalue weighted by Gasteiger charge is 2.16. The van der Waals surface area contributed by atoms with Crippen LogP contribution >= 0.6 is 23.2 Å². The number of carbonyl (C=O) groups excluding carboxylic acids is 1. The minimum atomic E-state index is -0.0964. The molecule has 3 aromatic rings. The van der Waals surface area contributed by atoms with Crippen LogP contribution in [0.15, 0.2) is 42.5 Å². The third-order valence-corrected chi connectivity index (χ3v) is 4.27. The second-order valence-electron chi connectivity index (χ2n) is 4.78. The average Bonchev–Trinajstić information content (AvgIpc) is 2.79. The molecule has 0 aliphatic carbocycles. The summed E-state index contributed by atoms with van der Waals surface area (Å²) < 4.78 is 1.92. The number of aromatic nitrogens is 2. The molecule has 0 aliphatic rings. The van der Waals surface area contributed by atoms with Crippen molar-refractivity contribution in [3.05, 3.63) is 63.9 Å². The fourth-order valence-electron chi connectivity index (χ4n) is 2.31. The quantitative estimate of drug-likeness (QED) is 0.675. The van der Waals surface area contributed by atoms with Crippen molar-refractivity contribution in [3.63, 3.8) is 0 Å². The molecule has 0 saturated carbocycles. The van der Waals surface area contributed by atoms with Crippen LogP contribution in [0.5, 0.6) is 0 Å². The molecule has 1 aromatic heterocycles. The Kier molecular flexibility index (Phi) is 3.70. The molecule has 1 heterocycles. The number of para-hydroxylation sites is 2. The van der Waals surface area contributed by atoms with Crippen molar-refractivity contribution in [2.24, 2.45) is 7.05 Å². The lowest BCUT2D eigenvalue weighted by Gasteiger charge is -2.05. The lowest BCUT2D eigenvalue weighted by molar-refractivity contribution is 0.0990. The molecule has 106 valence electrons. The molecule has 3 rings (SSSR count). The van der Waals surface area contributed by atoms with Gasteiger partial charge in [0.05, 0.1) is 27.5 Å². The van der Waals surface area contributed by atoms with Gasteiger partial charge in [0.25, 0.3) is 0 Å². The van der Waals surface area contributed by atoms with Crippen LogP contribution < -0.4 is 0 Å². The minimum absolute atomic E-state index is 0.0964. The first-order chi connectivity index (χ1) is 10.1. The molecule has 0 fully saturated rings. The van der Waals surface area contributed by atoms with Gasteiger partial charge < -0.3 is 4.57 Å². The molecule has 0 bridgehead atoms. The van der Waals surface area contributed by atoms with Gasteiger partial charge in [-0.25, -0.2) is 4.98 Å². The smallest absolute Gasteiger partial charge is 0.171 e. The van der Waals surface area contributed by atoms with E-state index in [0.29, 0.717) is 21.4 Å². The predicted octanol–water partition coefficient (Wildman–Crippen LogP) is 4.31. The van der Waals surface area contributed by atoms with Gasteiger partial charge in [-0.2, -0.15) is 0 Å². The fourth-order valence-corrected chi connectivity index (χ4v) is 2.72. The molecule has 3 nitrogen and oxygen atoms in total. The first-order valence-electron chi connectivity index (χ1n) is 6.45. The van der Waals surface area contributed by atoms with Gasteiger partial charge in [0, 0.05) is 12.6 Å². The van der Waals surface area contributed by atoms with E-state index in [2.05, 4.69) is 4.98 Å². The Balaban J connectivity index is 1.97. The van der Waals surface area contributed by atoms with Crippen LogP contribution in [0.3, 0.4) is 0 Å². The SMILES string of the molecule is Cn1c(CC(=O)c2cccc(Cl)c2Cl)nc2ccccc21. The van der Waals surface area contributed by atoms with Crippen LogP contribution in [0, 0.1) is 0 Å². The summed E-state index contributed by atoms with van der Waals surface area (Å²) in [7, 11) is 1.90. The van der Waals surface area contributed by atoms with Crippen LogP contribution in [0.1, 0.15) is 16.2 Å². The molecule has 0 spiro atoms.